The second kappa shape index (κ2) is 8.85. The lowest BCUT2D eigenvalue weighted by molar-refractivity contribution is 0.0342. The van der Waals surface area contributed by atoms with Crippen LogP contribution in [-0.4, -0.2) is 31.2 Å². The first kappa shape index (κ1) is 17.8. The van der Waals surface area contributed by atoms with E-state index >= 15 is 0 Å². The van der Waals surface area contributed by atoms with Crippen molar-refractivity contribution in [3.63, 3.8) is 0 Å². The van der Waals surface area contributed by atoms with E-state index in [0.29, 0.717) is 0 Å². The molecule has 0 radical (unpaired) electrons. The van der Waals surface area contributed by atoms with E-state index in [-0.39, 0.29) is 0 Å². The van der Waals surface area contributed by atoms with E-state index in [1.807, 2.05) is 0 Å². The minimum atomic E-state index is 0.829. The van der Waals surface area contributed by atoms with E-state index in [1.54, 1.807) is 0 Å². The molecule has 3 aromatic carbocycles. The van der Waals surface area contributed by atoms with Crippen molar-refractivity contribution in [2.45, 2.75) is 13.1 Å². The average molecular weight is 358 g/mol. The SMILES string of the molecule is c1ccc(-c2ccc(CNc3ccccc3CN3CCOCC3)cc2)cc1. The predicted octanol–water partition coefficient (Wildman–Crippen LogP) is 4.80. The fraction of sp³-hybridized carbons (Fsp3) is 0.250. The van der Waals surface area contributed by atoms with Crippen LogP contribution in [0.3, 0.4) is 0 Å². The molecular formula is C24H26N2O. The van der Waals surface area contributed by atoms with Crippen molar-refractivity contribution in [2.24, 2.45) is 0 Å². The van der Waals surface area contributed by atoms with Gasteiger partial charge in [-0.25, -0.2) is 0 Å². The molecule has 1 heterocycles. The summed E-state index contributed by atoms with van der Waals surface area (Å²) >= 11 is 0. The molecule has 0 aromatic heterocycles. The van der Waals surface area contributed by atoms with Gasteiger partial charge in [-0.1, -0.05) is 72.8 Å². The van der Waals surface area contributed by atoms with Crippen molar-refractivity contribution in [1.29, 1.82) is 0 Å². The highest BCUT2D eigenvalue weighted by molar-refractivity contribution is 5.63. The first-order valence-corrected chi connectivity index (χ1v) is 9.65. The third kappa shape index (κ3) is 4.76. The van der Waals surface area contributed by atoms with Crippen molar-refractivity contribution in [3.05, 3.63) is 90.0 Å². The minimum absolute atomic E-state index is 0.829. The summed E-state index contributed by atoms with van der Waals surface area (Å²) in [6.45, 7) is 5.49. The van der Waals surface area contributed by atoms with Crippen LogP contribution in [0.1, 0.15) is 11.1 Å². The number of benzene rings is 3. The lowest BCUT2D eigenvalue weighted by Gasteiger charge is -2.27. The van der Waals surface area contributed by atoms with Gasteiger partial charge < -0.3 is 10.1 Å². The fourth-order valence-electron chi connectivity index (χ4n) is 3.47. The van der Waals surface area contributed by atoms with Crippen LogP contribution >= 0.6 is 0 Å². The van der Waals surface area contributed by atoms with Crippen LogP contribution in [0.15, 0.2) is 78.9 Å². The highest BCUT2D eigenvalue weighted by Crippen LogP contribution is 2.21. The molecule has 1 N–H and O–H groups in total. The summed E-state index contributed by atoms with van der Waals surface area (Å²) in [6, 6.07) is 27.9. The molecule has 1 aliphatic rings. The van der Waals surface area contributed by atoms with Crippen LogP contribution < -0.4 is 5.32 Å². The van der Waals surface area contributed by atoms with E-state index in [1.165, 1.54) is 27.9 Å². The van der Waals surface area contributed by atoms with Gasteiger partial charge in [0, 0.05) is 31.9 Å². The van der Waals surface area contributed by atoms with Crippen LogP contribution in [0.5, 0.6) is 0 Å². The molecule has 3 aromatic rings. The van der Waals surface area contributed by atoms with Gasteiger partial charge in [0.25, 0.3) is 0 Å². The standard InChI is InChI=1S/C24H26N2O/c1-2-6-21(7-3-1)22-12-10-20(11-13-22)18-25-24-9-5-4-8-23(24)19-26-14-16-27-17-15-26/h1-13,25H,14-19H2. The topological polar surface area (TPSA) is 24.5 Å². The van der Waals surface area contributed by atoms with Gasteiger partial charge in [0.2, 0.25) is 0 Å². The van der Waals surface area contributed by atoms with Gasteiger partial charge in [0.15, 0.2) is 0 Å². The Balaban J connectivity index is 1.40. The molecule has 138 valence electrons. The monoisotopic (exact) mass is 358 g/mol. The fourth-order valence-corrected chi connectivity index (χ4v) is 3.47. The van der Waals surface area contributed by atoms with Crippen molar-refractivity contribution in [2.75, 3.05) is 31.6 Å². The first-order valence-electron chi connectivity index (χ1n) is 9.65. The Morgan fingerprint density at radius 3 is 2.19 bits per heavy atom. The maximum absolute atomic E-state index is 5.46. The zero-order valence-electron chi connectivity index (χ0n) is 15.6. The molecule has 3 nitrogen and oxygen atoms in total. The molecule has 1 aliphatic heterocycles. The smallest absolute Gasteiger partial charge is 0.0594 e. The van der Waals surface area contributed by atoms with Crippen molar-refractivity contribution in [1.82, 2.24) is 4.90 Å². The normalized spacial score (nSPS) is 14.8. The number of hydrogen-bond donors (Lipinski definition) is 1. The van der Waals surface area contributed by atoms with Crippen molar-refractivity contribution in [3.8, 4) is 11.1 Å². The van der Waals surface area contributed by atoms with E-state index in [4.69, 9.17) is 4.74 Å². The Hall–Kier alpha value is -2.62. The van der Waals surface area contributed by atoms with Gasteiger partial charge >= 0.3 is 0 Å². The predicted molar refractivity (Wildman–Crippen MR) is 112 cm³/mol. The summed E-state index contributed by atoms with van der Waals surface area (Å²) in [5.41, 5.74) is 6.37. The summed E-state index contributed by atoms with van der Waals surface area (Å²) in [7, 11) is 0. The summed E-state index contributed by atoms with van der Waals surface area (Å²) in [5.74, 6) is 0. The Labute approximate surface area is 161 Å². The van der Waals surface area contributed by atoms with E-state index in [9.17, 15) is 0 Å². The average Bonchev–Trinajstić information content (AvgIpc) is 2.75. The molecule has 0 atom stereocenters. The van der Waals surface area contributed by atoms with E-state index in [0.717, 1.165) is 39.4 Å². The van der Waals surface area contributed by atoms with Gasteiger partial charge in [-0.15, -0.1) is 0 Å². The minimum Gasteiger partial charge on any atom is -0.381 e. The number of morpholine rings is 1. The highest BCUT2D eigenvalue weighted by atomic mass is 16.5. The molecule has 4 rings (SSSR count). The molecule has 0 spiro atoms. The number of anilines is 1. The first-order chi connectivity index (χ1) is 13.4. The Morgan fingerprint density at radius 1 is 0.741 bits per heavy atom. The zero-order valence-corrected chi connectivity index (χ0v) is 15.6. The van der Waals surface area contributed by atoms with Crippen LogP contribution in [0.25, 0.3) is 11.1 Å². The molecule has 1 fully saturated rings. The van der Waals surface area contributed by atoms with Crippen molar-refractivity contribution < 1.29 is 4.74 Å². The highest BCUT2D eigenvalue weighted by Gasteiger charge is 2.12. The molecule has 0 unspecified atom stereocenters. The van der Waals surface area contributed by atoms with Crippen LogP contribution in [0.4, 0.5) is 5.69 Å². The second-order valence-corrected chi connectivity index (χ2v) is 6.96. The van der Waals surface area contributed by atoms with Gasteiger partial charge in [-0.3, -0.25) is 4.90 Å². The van der Waals surface area contributed by atoms with Crippen LogP contribution in [0.2, 0.25) is 0 Å². The van der Waals surface area contributed by atoms with E-state index < -0.39 is 0 Å². The second-order valence-electron chi connectivity index (χ2n) is 6.96. The number of hydrogen-bond acceptors (Lipinski definition) is 3. The maximum Gasteiger partial charge on any atom is 0.0594 e. The quantitative estimate of drug-likeness (QED) is 0.685. The Bertz CT molecular complexity index is 840. The lowest BCUT2D eigenvalue weighted by Crippen LogP contribution is -2.35. The third-order valence-electron chi connectivity index (χ3n) is 5.06. The number of rotatable bonds is 6. The van der Waals surface area contributed by atoms with Crippen molar-refractivity contribution >= 4 is 5.69 Å². The van der Waals surface area contributed by atoms with Crippen LogP contribution in [-0.2, 0) is 17.8 Å². The number of para-hydroxylation sites is 1. The molecule has 0 amide bonds. The molecule has 3 heteroatoms. The molecular weight excluding hydrogens is 332 g/mol. The molecule has 0 bridgehead atoms. The van der Waals surface area contributed by atoms with Gasteiger partial charge in [-0.2, -0.15) is 0 Å². The summed E-state index contributed by atoms with van der Waals surface area (Å²) < 4.78 is 5.46. The Morgan fingerprint density at radius 2 is 1.41 bits per heavy atom. The number of ether oxygens (including phenoxy) is 1. The third-order valence-corrected chi connectivity index (χ3v) is 5.06. The summed E-state index contributed by atoms with van der Waals surface area (Å²) in [4.78, 5) is 2.46. The lowest BCUT2D eigenvalue weighted by atomic mass is 10.0. The molecule has 0 aliphatic carbocycles. The summed E-state index contributed by atoms with van der Waals surface area (Å²) in [5, 5.41) is 3.62. The maximum atomic E-state index is 5.46. The largest absolute Gasteiger partial charge is 0.381 e. The zero-order chi connectivity index (χ0) is 18.3. The van der Waals surface area contributed by atoms with Gasteiger partial charge in [-0.05, 0) is 28.3 Å². The van der Waals surface area contributed by atoms with Gasteiger partial charge in [0.1, 0.15) is 0 Å². The van der Waals surface area contributed by atoms with Gasteiger partial charge in [0.05, 0.1) is 13.2 Å². The number of nitrogens with zero attached hydrogens (tertiary/aromatic N) is 1. The van der Waals surface area contributed by atoms with E-state index in [2.05, 4.69) is 89.1 Å². The van der Waals surface area contributed by atoms with Crippen LogP contribution in [0, 0.1) is 0 Å². The summed E-state index contributed by atoms with van der Waals surface area (Å²) in [6.07, 6.45) is 0. The Kier molecular flexibility index (Phi) is 5.83. The number of nitrogens with one attached hydrogen (secondary N) is 1. The molecule has 27 heavy (non-hydrogen) atoms. The molecule has 0 saturated carbocycles. The molecule has 1 saturated heterocycles.